The smallest absolute Gasteiger partial charge is 0.243 e. The summed E-state index contributed by atoms with van der Waals surface area (Å²) in [5, 5.41) is 11.0. The van der Waals surface area contributed by atoms with Crippen LogP contribution in [0.15, 0.2) is 58.6 Å². The Morgan fingerprint density at radius 3 is 2.50 bits per heavy atom. The third-order valence-corrected chi connectivity index (χ3v) is 7.55. The second kappa shape index (κ2) is 10.1. The van der Waals surface area contributed by atoms with E-state index in [4.69, 9.17) is 5.84 Å². The van der Waals surface area contributed by atoms with Crippen molar-refractivity contribution in [2.45, 2.75) is 23.9 Å². The number of thioether (sulfide) groups is 1. The van der Waals surface area contributed by atoms with Crippen LogP contribution in [0.3, 0.4) is 0 Å². The Kier molecular flexibility index (Phi) is 7.48. The van der Waals surface area contributed by atoms with Gasteiger partial charge in [0.15, 0.2) is 5.82 Å². The number of rotatable bonds is 9. The minimum absolute atomic E-state index is 0.00306. The molecule has 0 aliphatic carbocycles. The molecule has 0 bridgehead atoms. The molecule has 32 heavy (non-hydrogen) atoms. The molecule has 0 saturated carbocycles. The molecule has 12 heteroatoms. The van der Waals surface area contributed by atoms with Gasteiger partial charge in [0.1, 0.15) is 5.82 Å². The SMILES string of the molecule is CCN(CC)S(=O)(=O)c1cccc(-c2nnc(SCC(=O)Nc3ccc(F)cc3)n2N)c1. The van der Waals surface area contributed by atoms with Crippen LogP contribution in [-0.4, -0.2) is 52.3 Å². The standard InChI is InChI=1S/C20H23FN6O3S2/c1-3-26(4-2)32(29,30)17-7-5-6-14(12-17)19-24-25-20(27(19)22)31-13-18(28)23-16-10-8-15(21)9-11-16/h5-12H,3-4,13,22H2,1-2H3,(H,23,28). The van der Waals surface area contributed by atoms with Crippen molar-refractivity contribution in [2.24, 2.45) is 0 Å². The highest BCUT2D eigenvalue weighted by Gasteiger charge is 2.23. The number of nitrogens with one attached hydrogen (secondary N) is 1. The summed E-state index contributed by atoms with van der Waals surface area (Å²) in [5.41, 5.74) is 0.953. The number of carbonyl (C=O) groups excluding carboxylic acids is 1. The number of carbonyl (C=O) groups is 1. The number of benzene rings is 2. The van der Waals surface area contributed by atoms with Gasteiger partial charge in [-0.1, -0.05) is 37.7 Å². The predicted octanol–water partition coefficient (Wildman–Crippen LogP) is 2.56. The molecular formula is C20H23FN6O3S2. The van der Waals surface area contributed by atoms with Crippen molar-refractivity contribution in [2.75, 3.05) is 30.0 Å². The van der Waals surface area contributed by atoms with Crippen molar-refractivity contribution in [1.82, 2.24) is 19.2 Å². The van der Waals surface area contributed by atoms with Gasteiger partial charge in [-0.15, -0.1) is 10.2 Å². The molecule has 0 radical (unpaired) electrons. The molecule has 170 valence electrons. The van der Waals surface area contributed by atoms with Crippen LogP contribution in [0.25, 0.3) is 11.4 Å². The molecular weight excluding hydrogens is 455 g/mol. The van der Waals surface area contributed by atoms with Crippen LogP contribution >= 0.6 is 11.8 Å². The van der Waals surface area contributed by atoms with Gasteiger partial charge in [-0.25, -0.2) is 17.5 Å². The van der Waals surface area contributed by atoms with Gasteiger partial charge in [0, 0.05) is 24.3 Å². The van der Waals surface area contributed by atoms with Crippen molar-refractivity contribution >= 4 is 33.4 Å². The van der Waals surface area contributed by atoms with E-state index in [0.29, 0.717) is 24.3 Å². The second-order valence-corrected chi connectivity index (χ2v) is 9.52. The Morgan fingerprint density at radius 1 is 1.16 bits per heavy atom. The Hall–Kier alpha value is -2.96. The summed E-state index contributed by atoms with van der Waals surface area (Å²) in [5.74, 6) is 5.66. The van der Waals surface area contributed by atoms with Gasteiger partial charge in [0.2, 0.25) is 21.1 Å². The first-order chi connectivity index (χ1) is 15.3. The first-order valence-corrected chi connectivity index (χ1v) is 12.2. The van der Waals surface area contributed by atoms with Crippen molar-refractivity contribution in [1.29, 1.82) is 0 Å². The highest BCUT2D eigenvalue weighted by Crippen LogP contribution is 2.25. The number of hydrogen-bond donors (Lipinski definition) is 2. The molecule has 0 spiro atoms. The molecule has 1 heterocycles. The molecule has 0 aliphatic heterocycles. The first kappa shape index (κ1) is 23.7. The zero-order chi connectivity index (χ0) is 23.3. The minimum atomic E-state index is -3.64. The third-order valence-electron chi connectivity index (χ3n) is 4.56. The lowest BCUT2D eigenvalue weighted by Crippen LogP contribution is -2.30. The molecule has 0 unspecified atom stereocenters. The molecule has 1 amide bonds. The number of nitrogens with two attached hydrogens (primary N) is 1. The molecule has 2 aromatic carbocycles. The van der Waals surface area contributed by atoms with Crippen LogP contribution in [0.5, 0.6) is 0 Å². The van der Waals surface area contributed by atoms with E-state index in [1.165, 1.54) is 45.4 Å². The maximum absolute atomic E-state index is 13.0. The molecule has 0 saturated heterocycles. The summed E-state index contributed by atoms with van der Waals surface area (Å²) >= 11 is 1.07. The third kappa shape index (κ3) is 5.26. The van der Waals surface area contributed by atoms with Gasteiger partial charge in [-0.05, 0) is 36.4 Å². The summed E-state index contributed by atoms with van der Waals surface area (Å²) in [7, 11) is -3.64. The van der Waals surface area contributed by atoms with E-state index >= 15 is 0 Å². The Labute approximate surface area is 189 Å². The number of hydrogen-bond acceptors (Lipinski definition) is 7. The molecule has 0 atom stereocenters. The molecule has 3 aromatic rings. The summed E-state index contributed by atoms with van der Waals surface area (Å²) < 4.78 is 41.1. The molecule has 0 fully saturated rings. The van der Waals surface area contributed by atoms with E-state index in [0.717, 1.165) is 11.8 Å². The van der Waals surface area contributed by atoms with E-state index in [9.17, 15) is 17.6 Å². The highest BCUT2D eigenvalue weighted by molar-refractivity contribution is 7.99. The summed E-state index contributed by atoms with van der Waals surface area (Å²) in [6.45, 7) is 4.27. The lowest BCUT2D eigenvalue weighted by atomic mass is 10.2. The lowest BCUT2D eigenvalue weighted by Gasteiger charge is -2.18. The summed E-state index contributed by atoms with van der Waals surface area (Å²) in [6.07, 6.45) is 0. The maximum Gasteiger partial charge on any atom is 0.243 e. The first-order valence-electron chi connectivity index (χ1n) is 9.75. The maximum atomic E-state index is 13.0. The lowest BCUT2D eigenvalue weighted by molar-refractivity contribution is -0.113. The fraction of sp³-hybridized carbons (Fsp3) is 0.250. The average Bonchev–Trinajstić information content (AvgIpc) is 3.15. The fourth-order valence-electron chi connectivity index (χ4n) is 2.94. The number of amides is 1. The molecule has 3 rings (SSSR count). The van der Waals surface area contributed by atoms with Crippen LogP contribution in [0, 0.1) is 5.82 Å². The van der Waals surface area contributed by atoms with Gasteiger partial charge >= 0.3 is 0 Å². The quantitative estimate of drug-likeness (QED) is 0.358. The van der Waals surface area contributed by atoms with Crippen molar-refractivity contribution in [3.63, 3.8) is 0 Å². The number of aromatic nitrogens is 3. The van der Waals surface area contributed by atoms with E-state index in [1.54, 1.807) is 26.0 Å². The Morgan fingerprint density at radius 2 is 1.84 bits per heavy atom. The minimum Gasteiger partial charge on any atom is -0.335 e. The van der Waals surface area contributed by atoms with Gasteiger partial charge in [0.25, 0.3) is 0 Å². The van der Waals surface area contributed by atoms with Crippen LogP contribution in [-0.2, 0) is 14.8 Å². The number of sulfonamides is 1. The summed E-state index contributed by atoms with van der Waals surface area (Å²) in [6, 6.07) is 11.7. The van der Waals surface area contributed by atoms with Crippen LogP contribution < -0.4 is 11.2 Å². The van der Waals surface area contributed by atoms with Crippen LogP contribution in [0.2, 0.25) is 0 Å². The van der Waals surface area contributed by atoms with Gasteiger partial charge in [0.05, 0.1) is 10.6 Å². The van der Waals surface area contributed by atoms with Crippen LogP contribution in [0.4, 0.5) is 10.1 Å². The number of nitrogen functional groups attached to an aromatic ring is 1. The fourth-order valence-corrected chi connectivity index (χ4v) is 5.10. The van der Waals surface area contributed by atoms with Crippen molar-refractivity contribution < 1.29 is 17.6 Å². The van der Waals surface area contributed by atoms with E-state index in [1.807, 2.05) is 0 Å². The number of nitrogens with zero attached hydrogens (tertiary/aromatic N) is 4. The highest BCUT2D eigenvalue weighted by atomic mass is 32.2. The van der Waals surface area contributed by atoms with Crippen molar-refractivity contribution in [3.05, 3.63) is 54.3 Å². The average molecular weight is 479 g/mol. The van der Waals surface area contributed by atoms with Gasteiger partial charge in [-0.3, -0.25) is 4.79 Å². The second-order valence-electron chi connectivity index (χ2n) is 6.64. The normalized spacial score (nSPS) is 11.6. The molecule has 1 aromatic heterocycles. The van der Waals surface area contributed by atoms with Gasteiger partial charge < -0.3 is 11.2 Å². The van der Waals surface area contributed by atoms with Crippen molar-refractivity contribution in [3.8, 4) is 11.4 Å². The molecule has 3 N–H and O–H groups in total. The van der Waals surface area contributed by atoms with Gasteiger partial charge in [-0.2, -0.15) is 4.31 Å². The topological polar surface area (TPSA) is 123 Å². The van der Waals surface area contributed by atoms with E-state index in [-0.39, 0.29) is 27.5 Å². The monoisotopic (exact) mass is 478 g/mol. The zero-order valence-electron chi connectivity index (χ0n) is 17.5. The number of anilines is 1. The molecule has 9 nitrogen and oxygen atoms in total. The largest absolute Gasteiger partial charge is 0.335 e. The summed E-state index contributed by atoms with van der Waals surface area (Å²) in [4.78, 5) is 12.3. The van der Waals surface area contributed by atoms with E-state index < -0.39 is 15.8 Å². The van der Waals surface area contributed by atoms with E-state index in [2.05, 4.69) is 15.5 Å². The van der Waals surface area contributed by atoms with Crippen LogP contribution in [0.1, 0.15) is 13.8 Å². The zero-order valence-corrected chi connectivity index (χ0v) is 19.2. The number of halogens is 1. The molecule has 0 aliphatic rings. The Balaban J connectivity index is 1.73. The predicted molar refractivity (Wildman–Crippen MR) is 121 cm³/mol. The Bertz CT molecular complexity index is 1190.